The third-order valence-corrected chi connectivity index (χ3v) is 7.81. The van der Waals surface area contributed by atoms with Gasteiger partial charge in [-0.2, -0.15) is 0 Å². The van der Waals surface area contributed by atoms with Crippen molar-refractivity contribution in [1.82, 2.24) is 0 Å². The van der Waals surface area contributed by atoms with Crippen LogP contribution in [-0.2, 0) is 20.4 Å². The van der Waals surface area contributed by atoms with Crippen molar-refractivity contribution in [2.75, 3.05) is 16.3 Å². The number of nitrogens with zero attached hydrogens (tertiary/aromatic N) is 1. The van der Waals surface area contributed by atoms with Crippen molar-refractivity contribution in [2.24, 2.45) is 10.3 Å². The van der Waals surface area contributed by atoms with Crippen LogP contribution >= 0.6 is 10.8 Å². The first kappa shape index (κ1) is 25.2. The molecule has 0 bridgehead atoms. The Balaban J connectivity index is 1.82. The van der Waals surface area contributed by atoms with Crippen molar-refractivity contribution >= 4 is 49.6 Å². The molecule has 1 aliphatic heterocycles. The minimum absolute atomic E-state index is 0.0892. The van der Waals surface area contributed by atoms with Crippen molar-refractivity contribution in [1.29, 1.82) is 0 Å². The zero-order valence-electron chi connectivity index (χ0n) is 19.3. The smallest absolute Gasteiger partial charge is 0.229 e. The molecule has 0 saturated heterocycles. The maximum Gasteiger partial charge on any atom is 0.229 e. The molecule has 4 rings (SSSR count). The second kappa shape index (κ2) is 8.64. The summed E-state index contributed by atoms with van der Waals surface area (Å²) in [7, 11) is -7.50. The number of fused-ring (bicyclic) bond motifs is 2. The first-order valence-electron chi connectivity index (χ1n) is 10.8. The molecular formula is C23H27N3O7S2. The molecule has 0 amide bonds. The fourth-order valence-corrected chi connectivity index (χ4v) is 5.90. The zero-order valence-corrected chi connectivity index (χ0v) is 20.9. The monoisotopic (exact) mass is 521 g/mol. The van der Waals surface area contributed by atoms with Crippen LogP contribution in [0.3, 0.4) is 0 Å². The number of anilines is 2. The Morgan fingerprint density at radius 2 is 1.86 bits per heavy atom. The van der Waals surface area contributed by atoms with Crippen LogP contribution in [0, 0.1) is 5.92 Å². The van der Waals surface area contributed by atoms with Crippen LogP contribution < -0.4 is 10.0 Å². The Kier molecular flexibility index (Phi) is 6.22. The molecule has 0 radical (unpaired) electrons. The summed E-state index contributed by atoms with van der Waals surface area (Å²) in [5, 5.41) is 25.4. The molecule has 12 heteroatoms. The highest BCUT2D eigenvalue weighted by Gasteiger charge is 2.48. The largest absolute Gasteiger partial charge is 0.506 e. The molecule has 1 aliphatic carbocycles. The third kappa shape index (κ3) is 4.67. The number of nitrogens with one attached hydrogen (secondary N) is 2. The van der Waals surface area contributed by atoms with Gasteiger partial charge >= 0.3 is 0 Å². The highest BCUT2D eigenvalue weighted by molar-refractivity contribution is 8.23. The normalized spacial score (nSPS) is 22.1. The van der Waals surface area contributed by atoms with Gasteiger partial charge < -0.3 is 15.5 Å². The Morgan fingerprint density at radius 3 is 2.51 bits per heavy atom. The number of ketones is 1. The molecule has 0 fully saturated rings. The van der Waals surface area contributed by atoms with Gasteiger partial charge in [0.2, 0.25) is 15.8 Å². The van der Waals surface area contributed by atoms with E-state index in [9.17, 15) is 32.5 Å². The number of sulfonamides is 1. The molecule has 0 saturated carbocycles. The number of rotatable bonds is 6. The lowest BCUT2D eigenvalue weighted by atomic mass is 9.74. The van der Waals surface area contributed by atoms with E-state index in [0.29, 0.717) is 6.42 Å². The number of Topliss-reactive ketones (excluding diaryl/α,β-unsaturated/α-hetero) is 1. The van der Waals surface area contributed by atoms with Crippen LogP contribution in [-0.4, -0.2) is 45.6 Å². The SMILES string of the molecule is CC(C)CCC1(O)C(=O)C(C2=NS(O)(O)c3cc(NS(C)(=O)=O)ccc3N2)=C(O)c2ccccc21. The summed E-state index contributed by atoms with van der Waals surface area (Å²) in [5.74, 6) is -1.36. The van der Waals surface area contributed by atoms with Crippen LogP contribution in [0.5, 0.6) is 0 Å². The number of carbonyl (C=O) groups is 1. The third-order valence-electron chi connectivity index (χ3n) is 5.84. The summed E-state index contributed by atoms with van der Waals surface area (Å²) in [6, 6.07) is 10.5. The Morgan fingerprint density at radius 1 is 1.17 bits per heavy atom. The molecule has 1 unspecified atom stereocenters. The Bertz CT molecular complexity index is 1380. The lowest BCUT2D eigenvalue weighted by Crippen LogP contribution is -2.44. The summed E-state index contributed by atoms with van der Waals surface area (Å²) in [4.78, 5) is 13.6. The summed E-state index contributed by atoms with van der Waals surface area (Å²) in [6.07, 6.45) is 1.58. The molecule has 1 atom stereocenters. The van der Waals surface area contributed by atoms with Crippen LogP contribution in [0.25, 0.3) is 5.76 Å². The highest BCUT2D eigenvalue weighted by atomic mass is 32.3. The number of carbonyl (C=O) groups excluding carboxylic acids is 1. The van der Waals surface area contributed by atoms with Crippen molar-refractivity contribution in [2.45, 2.75) is 37.2 Å². The van der Waals surface area contributed by atoms with Gasteiger partial charge in [-0.3, -0.25) is 18.6 Å². The van der Waals surface area contributed by atoms with Crippen molar-refractivity contribution in [3.05, 3.63) is 59.2 Å². The van der Waals surface area contributed by atoms with Gasteiger partial charge in [-0.1, -0.05) is 48.9 Å². The van der Waals surface area contributed by atoms with E-state index in [1.54, 1.807) is 24.3 Å². The standard InChI is InChI=1S/C23H27N3O7S2/c1-13(2)10-11-23(29)16-7-5-4-6-15(16)20(27)19(21(23)28)22-24-17-9-8-14(25-34(3,30)31)12-18(17)35(32,33)26-22/h4-9,12-13,25,27,29,32-33H,10-11H2,1-3H3,(H,24,26). The summed E-state index contributed by atoms with van der Waals surface area (Å²) < 4.78 is 50.8. The second-order valence-corrected chi connectivity index (χ2v) is 12.5. The maximum absolute atomic E-state index is 13.6. The average Bonchev–Trinajstić information content (AvgIpc) is 2.76. The average molecular weight is 522 g/mol. The second-order valence-electron chi connectivity index (χ2n) is 9.06. The first-order chi connectivity index (χ1) is 16.2. The fourth-order valence-electron chi connectivity index (χ4n) is 4.15. The van der Waals surface area contributed by atoms with E-state index in [4.69, 9.17) is 0 Å². The number of hydrogen-bond donors (Lipinski definition) is 6. The molecule has 0 spiro atoms. The maximum atomic E-state index is 13.6. The van der Waals surface area contributed by atoms with E-state index in [0.717, 1.165) is 6.26 Å². The van der Waals surface area contributed by atoms with E-state index < -0.39 is 37.9 Å². The summed E-state index contributed by atoms with van der Waals surface area (Å²) >= 11 is 0. The number of aliphatic hydroxyl groups is 2. The van der Waals surface area contributed by atoms with Gasteiger partial charge in [-0.05, 0) is 37.0 Å². The first-order valence-corrected chi connectivity index (χ1v) is 14.2. The number of aliphatic hydroxyl groups excluding tert-OH is 1. The lowest BCUT2D eigenvalue weighted by Gasteiger charge is -2.38. The predicted molar refractivity (Wildman–Crippen MR) is 136 cm³/mol. The molecule has 10 nitrogen and oxygen atoms in total. The van der Waals surface area contributed by atoms with E-state index >= 15 is 0 Å². The van der Waals surface area contributed by atoms with E-state index in [1.807, 2.05) is 13.8 Å². The Hall–Kier alpha value is -2.90. The van der Waals surface area contributed by atoms with Gasteiger partial charge in [-0.15, -0.1) is 4.40 Å². The molecule has 2 aromatic carbocycles. The van der Waals surface area contributed by atoms with Crippen LogP contribution in [0.2, 0.25) is 0 Å². The van der Waals surface area contributed by atoms with Gasteiger partial charge in [0.05, 0.1) is 17.6 Å². The summed E-state index contributed by atoms with van der Waals surface area (Å²) in [5.41, 5.74) is -1.54. The Labute approximate surface area is 205 Å². The molecule has 1 heterocycles. The molecule has 2 aromatic rings. The number of benzene rings is 2. The lowest BCUT2D eigenvalue weighted by molar-refractivity contribution is -0.135. The molecular weight excluding hydrogens is 494 g/mol. The van der Waals surface area contributed by atoms with Gasteiger partial charge in [-0.25, -0.2) is 8.42 Å². The van der Waals surface area contributed by atoms with Crippen molar-refractivity contribution in [3.63, 3.8) is 0 Å². The van der Waals surface area contributed by atoms with Gasteiger partial charge in [0.25, 0.3) is 0 Å². The molecule has 35 heavy (non-hydrogen) atoms. The van der Waals surface area contributed by atoms with Crippen LogP contribution in [0.4, 0.5) is 11.4 Å². The number of amidine groups is 1. The molecule has 6 N–H and O–H groups in total. The van der Waals surface area contributed by atoms with Gasteiger partial charge in [0.15, 0.2) is 11.4 Å². The number of hydrogen-bond acceptors (Lipinski definition) is 9. The topological polar surface area (TPSA) is 169 Å². The van der Waals surface area contributed by atoms with Crippen LogP contribution in [0.1, 0.15) is 37.8 Å². The van der Waals surface area contributed by atoms with Gasteiger partial charge in [0, 0.05) is 11.1 Å². The molecule has 2 aliphatic rings. The van der Waals surface area contributed by atoms with Crippen LogP contribution in [0.15, 0.2) is 57.3 Å². The van der Waals surface area contributed by atoms with E-state index in [1.165, 1.54) is 18.2 Å². The zero-order chi connectivity index (χ0) is 25.8. The van der Waals surface area contributed by atoms with Crippen molar-refractivity contribution < 1.29 is 32.5 Å². The molecule has 188 valence electrons. The minimum Gasteiger partial charge on any atom is -0.506 e. The molecule has 0 aromatic heterocycles. The van der Waals surface area contributed by atoms with E-state index in [-0.39, 0.29) is 51.1 Å². The van der Waals surface area contributed by atoms with Crippen molar-refractivity contribution in [3.8, 4) is 0 Å². The fraction of sp³-hybridized carbons (Fsp3) is 0.304. The highest BCUT2D eigenvalue weighted by Crippen LogP contribution is 2.57. The summed E-state index contributed by atoms with van der Waals surface area (Å²) in [6.45, 7) is 3.92. The van der Waals surface area contributed by atoms with Gasteiger partial charge in [0.1, 0.15) is 16.2 Å². The predicted octanol–water partition coefficient (Wildman–Crippen LogP) is 4.08. The van der Waals surface area contributed by atoms with E-state index in [2.05, 4.69) is 14.4 Å². The minimum atomic E-state index is -3.89. The quantitative estimate of drug-likeness (QED) is 0.330.